The van der Waals surface area contributed by atoms with E-state index in [1.54, 1.807) is 6.20 Å². The Kier molecular flexibility index (Phi) is 3.50. The fraction of sp³-hybridized carbons (Fsp3) is 0.636. The summed E-state index contributed by atoms with van der Waals surface area (Å²) in [6.07, 6.45) is 5.70. The van der Waals surface area contributed by atoms with E-state index in [4.69, 9.17) is 4.74 Å². The fourth-order valence-corrected chi connectivity index (χ4v) is 1.74. The Morgan fingerprint density at radius 3 is 3.20 bits per heavy atom. The summed E-state index contributed by atoms with van der Waals surface area (Å²) >= 11 is 0. The fourth-order valence-electron chi connectivity index (χ4n) is 1.74. The van der Waals surface area contributed by atoms with Gasteiger partial charge in [0.2, 0.25) is 0 Å². The van der Waals surface area contributed by atoms with Gasteiger partial charge in [-0.2, -0.15) is 5.10 Å². The highest BCUT2D eigenvalue weighted by Crippen LogP contribution is 2.13. The summed E-state index contributed by atoms with van der Waals surface area (Å²) in [4.78, 5) is 0. The standard InChI is InChI=1S/C11H17N3O/c1-9-6-11(14-13-7-9)12-8-10-4-2-3-5-15-10/h6-7,10H,2-5,8H2,1H3,(H,12,14). The van der Waals surface area contributed by atoms with Gasteiger partial charge in [-0.1, -0.05) is 0 Å². The number of hydrogen-bond donors (Lipinski definition) is 1. The molecule has 0 bridgehead atoms. The van der Waals surface area contributed by atoms with Crippen molar-refractivity contribution in [1.29, 1.82) is 0 Å². The lowest BCUT2D eigenvalue weighted by Gasteiger charge is -2.22. The number of aryl methyl sites for hydroxylation is 1. The first-order valence-electron chi connectivity index (χ1n) is 5.49. The third-order valence-electron chi connectivity index (χ3n) is 2.58. The van der Waals surface area contributed by atoms with E-state index in [9.17, 15) is 0 Å². The van der Waals surface area contributed by atoms with Gasteiger partial charge >= 0.3 is 0 Å². The van der Waals surface area contributed by atoms with Crippen LogP contribution < -0.4 is 5.32 Å². The highest BCUT2D eigenvalue weighted by molar-refractivity contribution is 5.35. The number of nitrogens with one attached hydrogen (secondary N) is 1. The first-order chi connectivity index (χ1) is 7.34. The van der Waals surface area contributed by atoms with E-state index in [1.807, 2.05) is 13.0 Å². The first kappa shape index (κ1) is 10.4. The van der Waals surface area contributed by atoms with Gasteiger partial charge in [0.1, 0.15) is 5.82 Å². The van der Waals surface area contributed by atoms with E-state index in [0.717, 1.165) is 31.0 Å². The zero-order chi connectivity index (χ0) is 10.5. The summed E-state index contributed by atoms with van der Waals surface area (Å²) in [6, 6.07) is 2.00. The largest absolute Gasteiger partial charge is 0.376 e. The molecule has 1 aliphatic heterocycles. The highest BCUT2D eigenvalue weighted by Gasteiger charge is 2.13. The van der Waals surface area contributed by atoms with Gasteiger partial charge in [-0.25, -0.2) is 0 Å². The molecule has 1 aromatic heterocycles. The molecule has 1 atom stereocenters. The number of nitrogens with zero attached hydrogens (tertiary/aromatic N) is 2. The van der Waals surface area contributed by atoms with Crippen molar-refractivity contribution in [1.82, 2.24) is 10.2 Å². The molecule has 1 N–H and O–H groups in total. The van der Waals surface area contributed by atoms with Crippen LogP contribution in [0.25, 0.3) is 0 Å². The van der Waals surface area contributed by atoms with E-state index in [1.165, 1.54) is 12.8 Å². The van der Waals surface area contributed by atoms with E-state index in [2.05, 4.69) is 15.5 Å². The molecule has 0 aliphatic carbocycles. The first-order valence-corrected chi connectivity index (χ1v) is 5.49. The number of aromatic nitrogens is 2. The molecule has 1 aromatic rings. The molecule has 15 heavy (non-hydrogen) atoms. The Morgan fingerprint density at radius 1 is 1.53 bits per heavy atom. The van der Waals surface area contributed by atoms with Gasteiger partial charge in [-0.05, 0) is 37.8 Å². The van der Waals surface area contributed by atoms with Crippen LogP contribution in [-0.4, -0.2) is 29.5 Å². The Morgan fingerprint density at radius 2 is 2.47 bits per heavy atom. The van der Waals surface area contributed by atoms with Gasteiger partial charge in [0, 0.05) is 13.2 Å². The number of ether oxygens (including phenoxy) is 1. The molecule has 1 unspecified atom stereocenters. The molecular weight excluding hydrogens is 190 g/mol. The number of anilines is 1. The lowest BCUT2D eigenvalue weighted by molar-refractivity contribution is 0.0247. The van der Waals surface area contributed by atoms with Crippen molar-refractivity contribution < 1.29 is 4.74 Å². The van der Waals surface area contributed by atoms with Crippen LogP contribution in [0.4, 0.5) is 5.82 Å². The zero-order valence-electron chi connectivity index (χ0n) is 9.07. The summed E-state index contributed by atoms with van der Waals surface area (Å²) in [5, 5.41) is 11.2. The second kappa shape index (κ2) is 5.07. The van der Waals surface area contributed by atoms with Crippen LogP contribution in [0.15, 0.2) is 12.3 Å². The monoisotopic (exact) mass is 207 g/mol. The van der Waals surface area contributed by atoms with Gasteiger partial charge in [-0.15, -0.1) is 5.10 Å². The van der Waals surface area contributed by atoms with Gasteiger partial charge in [-0.3, -0.25) is 0 Å². The minimum Gasteiger partial charge on any atom is -0.376 e. The molecule has 0 spiro atoms. The third kappa shape index (κ3) is 3.16. The highest BCUT2D eigenvalue weighted by atomic mass is 16.5. The molecular formula is C11H17N3O. The predicted octanol–water partition coefficient (Wildman–Crippen LogP) is 1.77. The van der Waals surface area contributed by atoms with Gasteiger partial charge in [0.25, 0.3) is 0 Å². The van der Waals surface area contributed by atoms with E-state index in [0.29, 0.717) is 6.10 Å². The van der Waals surface area contributed by atoms with Crippen LogP contribution in [0.1, 0.15) is 24.8 Å². The van der Waals surface area contributed by atoms with Crippen molar-refractivity contribution in [3.8, 4) is 0 Å². The van der Waals surface area contributed by atoms with Crippen molar-refractivity contribution >= 4 is 5.82 Å². The second-order valence-electron chi connectivity index (χ2n) is 3.99. The maximum atomic E-state index is 5.62. The van der Waals surface area contributed by atoms with Gasteiger partial charge in [0.15, 0.2) is 0 Å². The van der Waals surface area contributed by atoms with Gasteiger partial charge in [0.05, 0.1) is 12.3 Å². The summed E-state index contributed by atoms with van der Waals surface area (Å²) in [5.74, 6) is 0.837. The SMILES string of the molecule is Cc1cnnc(NCC2CCCCO2)c1. The molecule has 0 saturated carbocycles. The van der Waals surface area contributed by atoms with Crippen molar-refractivity contribution in [2.24, 2.45) is 0 Å². The average molecular weight is 207 g/mol. The molecule has 2 rings (SSSR count). The van der Waals surface area contributed by atoms with Crippen molar-refractivity contribution in [2.75, 3.05) is 18.5 Å². The lowest BCUT2D eigenvalue weighted by atomic mass is 10.1. The van der Waals surface area contributed by atoms with Crippen LogP contribution in [0, 0.1) is 6.92 Å². The molecule has 1 aliphatic rings. The Labute approximate surface area is 90.1 Å². The second-order valence-corrected chi connectivity index (χ2v) is 3.99. The molecule has 2 heterocycles. The Balaban J connectivity index is 1.81. The van der Waals surface area contributed by atoms with Crippen LogP contribution in [0.3, 0.4) is 0 Å². The summed E-state index contributed by atoms with van der Waals surface area (Å²) in [6.45, 7) is 3.74. The summed E-state index contributed by atoms with van der Waals surface area (Å²) < 4.78 is 5.62. The molecule has 0 radical (unpaired) electrons. The van der Waals surface area contributed by atoms with E-state index >= 15 is 0 Å². The zero-order valence-corrected chi connectivity index (χ0v) is 9.07. The minimum atomic E-state index is 0.334. The molecule has 4 heteroatoms. The maximum absolute atomic E-state index is 5.62. The van der Waals surface area contributed by atoms with Crippen LogP contribution in [0.2, 0.25) is 0 Å². The van der Waals surface area contributed by atoms with E-state index in [-0.39, 0.29) is 0 Å². The molecule has 1 fully saturated rings. The number of rotatable bonds is 3. The van der Waals surface area contributed by atoms with Crippen molar-refractivity contribution in [3.63, 3.8) is 0 Å². The topological polar surface area (TPSA) is 47.0 Å². The quantitative estimate of drug-likeness (QED) is 0.820. The van der Waals surface area contributed by atoms with Crippen LogP contribution >= 0.6 is 0 Å². The molecule has 0 amide bonds. The van der Waals surface area contributed by atoms with Gasteiger partial charge < -0.3 is 10.1 Å². The molecule has 4 nitrogen and oxygen atoms in total. The Hall–Kier alpha value is -1.16. The number of hydrogen-bond acceptors (Lipinski definition) is 4. The maximum Gasteiger partial charge on any atom is 0.148 e. The summed E-state index contributed by atoms with van der Waals surface area (Å²) in [7, 11) is 0. The smallest absolute Gasteiger partial charge is 0.148 e. The third-order valence-corrected chi connectivity index (χ3v) is 2.58. The predicted molar refractivity (Wildman–Crippen MR) is 58.8 cm³/mol. The molecule has 0 aromatic carbocycles. The molecule has 82 valence electrons. The van der Waals surface area contributed by atoms with Crippen LogP contribution in [-0.2, 0) is 4.74 Å². The van der Waals surface area contributed by atoms with E-state index < -0.39 is 0 Å². The van der Waals surface area contributed by atoms with Crippen molar-refractivity contribution in [3.05, 3.63) is 17.8 Å². The normalized spacial score (nSPS) is 21.3. The van der Waals surface area contributed by atoms with Crippen LogP contribution in [0.5, 0.6) is 0 Å². The lowest BCUT2D eigenvalue weighted by Crippen LogP contribution is -2.27. The van der Waals surface area contributed by atoms with Crippen molar-refractivity contribution in [2.45, 2.75) is 32.3 Å². The summed E-state index contributed by atoms with van der Waals surface area (Å²) in [5.41, 5.74) is 1.12. The minimum absolute atomic E-state index is 0.334. The molecule has 1 saturated heterocycles. The Bertz CT molecular complexity index is 310. The average Bonchev–Trinajstić information content (AvgIpc) is 2.28.